The fourth-order valence-electron chi connectivity index (χ4n) is 0.441. The molecule has 0 spiro atoms. The number of carbonyl (C=O) groups is 1. The summed E-state index contributed by atoms with van der Waals surface area (Å²) in [4.78, 5) is 10.2. The molecule has 0 bridgehead atoms. The van der Waals surface area contributed by atoms with Gasteiger partial charge in [0, 0.05) is 12.2 Å². The van der Waals surface area contributed by atoms with E-state index >= 15 is 0 Å². The average Bonchev–Trinajstić information content (AvgIpc) is 2.32. The van der Waals surface area contributed by atoms with Gasteiger partial charge in [-0.3, -0.25) is 0 Å². The third-order valence-electron chi connectivity index (χ3n) is 1.04. The molecule has 0 saturated heterocycles. The number of hydrogen-bond donors (Lipinski definition) is 0. The molecule has 0 aromatic rings. The van der Waals surface area contributed by atoms with Crippen LogP contribution in [0.3, 0.4) is 0 Å². The Morgan fingerprint density at radius 1 is 1.25 bits per heavy atom. The van der Waals surface area contributed by atoms with E-state index in [-0.39, 0.29) is 6.61 Å². The smallest absolute Gasteiger partial charge is 0.330 e. The minimum atomic E-state index is -0.412. The normalized spacial score (nSPS) is 8.69. The minimum Gasteiger partial charge on any atom is -0.458 e. The number of esters is 1. The maximum absolute atomic E-state index is 10.2. The summed E-state index contributed by atoms with van der Waals surface area (Å²) in [7, 11) is 0. The molecule has 0 amide bonds. The molecule has 0 radical (unpaired) electrons. The SMILES string of the molecule is C=CC=CC=CC#N.C=CCOC(=O)C=C. The molecular formula is C13H15NO2. The monoisotopic (exact) mass is 217 g/mol. The second-order valence-corrected chi connectivity index (χ2v) is 2.23. The van der Waals surface area contributed by atoms with Crippen molar-refractivity contribution < 1.29 is 9.53 Å². The van der Waals surface area contributed by atoms with Gasteiger partial charge >= 0.3 is 5.97 Å². The maximum atomic E-state index is 10.2. The first-order valence-corrected chi connectivity index (χ1v) is 4.46. The van der Waals surface area contributed by atoms with E-state index in [0.717, 1.165) is 6.08 Å². The van der Waals surface area contributed by atoms with Crippen LogP contribution in [0.5, 0.6) is 0 Å². The molecule has 0 aromatic carbocycles. The van der Waals surface area contributed by atoms with Gasteiger partial charge in [-0.05, 0) is 0 Å². The van der Waals surface area contributed by atoms with E-state index in [1.165, 1.54) is 12.2 Å². The highest BCUT2D eigenvalue weighted by atomic mass is 16.5. The predicted octanol–water partition coefficient (Wildman–Crippen LogP) is 2.71. The number of hydrogen-bond acceptors (Lipinski definition) is 3. The van der Waals surface area contributed by atoms with Gasteiger partial charge in [0.05, 0.1) is 6.07 Å². The highest BCUT2D eigenvalue weighted by molar-refractivity contribution is 5.81. The lowest BCUT2D eigenvalue weighted by Crippen LogP contribution is -1.98. The van der Waals surface area contributed by atoms with Crippen LogP contribution in [0.15, 0.2) is 62.3 Å². The minimum absolute atomic E-state index is 0.255. The molecule has 16 heavy (non-hydrogen) atoms. The lowest BCUT2D eigenvalue weighted by atomic mass is 10.4. The van der Waals surface area contributed by atoms with Crippen LogP contribution in [-0.4, -0.2) is 12.6 Å². The molecule has 0 N–H and O–H groups in total. The van der Waals surface area contributed by atoms with E-state index in [2.05, 4.69) is 24.5 Å². The average molecular weight is 217 g/mol. The zero-order valence-corrected chi connectivity index (χ0v) is 9.13. The van der Waals surface area contributed by atoms with Gasteiger partial charge in [0.25, 0.3) is 0 Å². The summed E-state index contributed by atoms with van der Waals surface area (Å²) in [6.07, 6.45) is 10.8. The summed E-state index contributed by atoms with van der Waals surface area (Å²) < 4.78 is 4.47. The molecule has 0 atom stereocenters. The van der Waals surface area contributed by atoms with Gasteiger partial charge in [-0.1, -0.05) is 50.1 Å². The third kappa shape index (κ3) is 17.7. The maximum Gasteiger partial charge on any atom is 0.330 e. The lowest BCUT2D eigenvalue weighted by molar-refractivity contribution is -0.136. The van der Waals surface area contributed by atoms with Crippen molar-refractivity contribution in [2.24, 2.45) is 0 Å². The van der Waals surface area contributed by atoms with Crippen molar-refractivity contribution in [1.29, 1.82) is 5.26 Å². The molecule has 0 aliphatic heterocycles. The fraction of sp³-hybridized carbons (Fsp3) is 0.0769. The lowest BCUT2D eigenvalue weighted by Gasteiger charge is -1.92. The number of allylic oxidation sites excluding steroid dienone is 5. The molecular weight excluding hydrogens is 202 g/mol. The van der Waals surface area contributed by atoms with Crippen molar-refractivity contribution >= 4 is 5.97 Å². The van der Waals surface area contributed by atoms with Crippen LogP contribution in [0, 0.1) is 11.3 Å². The summed E-state index contributed by atoms with van der Waals surface area (Å²) in [5.74, 6) is -0.412. The first kappa shape index (κ1) is 16.1. The molecule has 0 unspecified atom stereocenters. The second-order valence-electron chi connectivity index (χ2n) is 2.23. The Morgan fingerprint density at radius 3 is 2.38 bits per heavy atom. The Labute approximate surface area is 96.3 Å². The van der Waals surface area contributed by atoms with Gasteiger partial charge < -0.3 is 4.74 Å². The van der Waals surface area contributed by atoms with Crippen molar-refractivity contribution in [3.8, 4) is 6.07 Å². The van der Waals surface area contributed by atoms with Crippen molar-refractivity contribution in [2.45, 2.75) is 0 Å². The van der Waals surface area contributed by atoms with Crippen molar-refractivity contribution in [2.75, 3.05) is 6.61 Å². The van der Waals surface area contributed by atoms with E-state index in [0.29, 0.717) is 0 Å². The Morgan fingerprint density at radius 2 is 1.94 bits per heavy atom. The van der Waals surface area contributed by atoms with Crippen LogP contribution in [0.4, 0.5) is 0 Å². The zero-order valence-electron chi connectivity index (χ0n) is 9.13. The molecule has 0 rings (SSSR count). The first-order valence-electron chi connectivity index (χ1n) is 4.46. The largest absolute Gasteiger partial charge is 0.458 e. The number of ether oxygens (including phenoxy) is 1. The van der Waals surface area contributed by atoms with Gasteiger partial charge in [0.1, 0.15) is 6.61 Å². The fourth-order valence-corrected chi connectivity index (χ4v) is 0.441. The van der Waals surface area contributed by atoms with Gasteiger partial charge in [0.15, 0.2) is 0 Å². The Balaban J connectivity index is 0. The summed E-state index contributed by atoms with van der Waals surface area (Å²) >= 11 is 0. The first-order chi connectivity index (χ1) is 7.72. The molecule has 3 nitrogen and oxygen atoms in total. The summed E-state index contributed by atoms with van der Waals surface area (Å²) in [6.45, 7) is 10.3. The standard InChI is InChI=1S/C7H7N.C6H8O2/c1-2-3-4-5-6-7-8;1-3-5-8-6(7)4-2/h2-6H,1H2;3-4H,1-2,5H2. The molecule has 84 valence electrons. The van der Waals surface area contributed by atoms with Crippen LogP contribution in [-0.2, 0) is 9.53 Å². The van der Waals surface area contributed by atoms with Crippen LogP contribution in [0.25, 0.3) is 0 Å². The Kier molecular flexibility index (Phi) is 15.2. The van der Waals surface area contributed by atoms with Gasteiger partial charge in [-0.2, -0.15) is 5.26 Å². The molecule has 3 heteroatoms. The Hall–Kier alpha value is -2.34. The predicted molar refractivity (Wildman–Crippen MR) is 65.4 cm³/mol. The third-order valence-corrected chi connectivity index (χ3v) is 1.04. The van der Waals surface area contributed by atoms with E-state index in [4.69, 9.17) is 5.26 Å². The number of nitrogens with zero attached hydrogens (tertiary/aromatic N) is 1. The van der Waals surface area contributed by atoms with Gasteiger partial charge in [-0.15, -0.1) is 0 Å². The summed E-state index contributed by atoms with van der Waals surface area (Å²) in [5, 5.41) is 7.97. The van der Waals surface area contributed by atoms with Crippen LogP contribution < -0.4 is 0 Å². The van der Waals surface area contributed by atoms with Crippen LogP contribution in [0.2, 0.25) is 0 Å². The molecule has 0 saturated carbocycles. The van der Waals surface area contributed by atoms with Crippen molar-refractivity contribution in [3.63, 3.8) is 0 Å². The van der Waals surface area contributed by atoms with E-state index in [9.17, 15) is 4.79 Å². The highest BCUT2D eigenvalue weighted by Crippen LogP contribution is 1.77. The zero-order chi connectivity index (χ0) is 12.6. The van der Waals surface area contributed by atoms with Crippen LogP contribution >= 0.6 is 0 Å². The molecule has 0 heterocycles. The van der Waals surface area contributed by atoms with Gasteiger partial charge in [-0.25, -0.2) is 4.79 Å². The van der Waals surface area contributed by atoms with Crippen molar-refractivity contribution in [3.05, 3.63) is 62.3 Å². The van der Waals surface area contributed by atoms with E-state index in [1.54, 1.807) is 24.3 Å². The van der Waals surface area contributed by atoms with E-state index in [1.807, 2.05) is 6.07 Å². The quantitative estimate of drug-likeness (QED) is 0.234. The summed E-state index contributed by atoms with van der Waals surface area (Å²) in [5.41, 5.74) is 0. The van der Waals surface area contributed by atoms with Crippen LogP contribution in [0.1, 0.15) is 0 Å². The summed E-state index contributed by atoms with van der Waals surface area (Å²) in [6, 6.07) is 1.86. The Bertz CT molecular complexity index is 319. The van der Waals surface area contributed by atoms with Gasteiger partial charge in [0.2, 0.25) is 0 Å². The highest BCUT2D eigenvalue weighted by Gasteiger charge is 1.87. The molecule has 0 aliphatic carbocycles. The number of carbonyl (C=O) groups excluding carboxylic acids is 1. The molecule has 0 fully saturated rings. The molecule has 0 aromatic heterocycles. The van der Waals surface area contributed by atoms with E-state index < -0.39 is 5.97 Å². The number of nitriles is 1. The topological polar surface area (TPSA) is 50.1 Å². The second kappa shape index (κ2) is 15.1. The molecule has 0 aliphatic rings. The van der Waals surface area contributed by atoms with Crippen molar-refractivity contribution in [1.82, 2.24) is 0 Å². The number of rotatable bonds is 5.